The lowest BCUT2D eigenvalue weighted by molar-refractivity contribution is 0.148. The predicted molar refractivity (Wildman–Crippen MR) is 56.2 cm³/mol. The molecule has 0 aromatic heterocycles. The highest BCUT2D eigenvalue weighted by atomic mass is 16.5. The molecule has 0 aliphatic carbocycles. The second kappa shape index (κ2) is 6.40. The molecule has 0 spiro atoms. The molecule has 1 aromatic carbocycles. The van der Waals surface area contributed by atoms with Crippen molar-refractivity contribution in [3.63, 3.8) is 0 Å². The van der Waals surface area contributed by atoms with E-state index < -0.39 is 0 Å². The van der Waals surface area contributed by atoms with E-state index in [1.807, 2.05) is 30.3 Å². The van der Waals surface area contributed by atoms with E-state index in [9.17, 15) is 0 Å². The topological polar surface area (TPSA) is 55.5 Å². The fourth-order valence-electron chi connectivity index (χ4n) is 1.28. The molecule has 0 radical (unpaired) electrons. The average molecular weight is 195 g/mol. The fourth-order valence-corrected chi connectivity index (χ4v) is 1.28. The van der Waals surface area contributed by atoms with E-state index in [0.717, 1.165) is 12.2 Å². The summed E-state index contributed by atoms with van der Waals surface area (Å²) in [6.07, 6.45) is 1.43. The van der Waals surface area contributed by atoms with Gasteiger partial charge in [0.2, 0.25) is 0 Å². The molecule has 0 heterocycles. The van der Waals surface area contributed by atoms with E-state index in [2.05, 4.69) is 0 Å². The van der Waals surface area contributed by atoms with Crippen LogP contribution in [0.1, 0.15) is 12.8 Å². The minimum atomic E-state index is 0.0207. The van der Waals surface area contributed by atoms with Crippen LogP contribution in [0.5, 0.6) is 5.75 Å². The Bertz CT molecular complexity index is 232. The smallest absolute Gasteiger partial charge is 0.119 e. The highest BCUT2D eigenvalue weighted by Crippen LogP contribution is 2.13. The van der Waals surface area contributed by atoms with E-state index in [1.54, 1.807) is 0 Å². The number of aliphatic hydroxyl groups excluding tert-OH is 1. The van der Waals surface area contributed by atoms with Crippen LogP contribution in [0, 0.1) is 0 Å². The summed E-state index contributed by atoms with van der Waals surface area (Å²) in [5.74, 6) is 0.833. The lowest BCUT2D eigenvalue weighted by Gasteiger charge is -2.17. The quantitative estimate of drug-likeness (QED) is 0.716. The summed E-state index contributed by atoms with van der Waals surface area (Å²) in [7, 11) is 0. The largest absolute Gasteiger partial charge is 0.490 e. The number of nitrogens with two attached hydrogens (primary N) is 1. The van der Waals surface area contributed by atoms with Crippen LogP contribution >= 0.6 is 0 Å². The molecular weight excluding hydrogens is 178 g/mol. The number of ether oxygens (including phenoxy) is 1. The standard InChI is InChI=1S/C11H17NO2/c12-8-6-11(7-9-13)14-10-4-2-1-3-5-10/h1-5,11,13H,6-9,12H2. The van der Waals surface area contributed by atoms with E-state index >= 15 is 0 Å². The number of hydrogen-bond donors (Lipinski definition) is 2. The second-order valence-electron chi connectivity index (χ2n) is 3.14. The second-order valence-corrected chi connectivity index (χ2v) is 3.14. The van der Waals surface area contributed by atoms with Crippen molar-refractivity contribution in [3.8, 4) is 5.75 Å². The summed E-state index contributed by atoms with van der Waals surface area (Å²) in [5.41, 5.74) is 5.45. The Morgan fingerprint density at radius 1 is 1.21 bits per heavy atom. The molecule has 78 valence electrons. The molecule has 0 amide bonds. The summed E-state index contributed by atoms with van der Waals surface area (Å²) in [6, 6.07) is 9.60. The summed E-state index contributed by atoms with van der Waals surface area (Å²) >= 11 is 0. The molecule has 0 fully saturated rings. The van der Waals surface area contributed by atoms with Gasteiger partial charge in [0, 0.05) is 13.0 Å². The van der Waals surface area contributed by atoms with Crippen LogP contribution in [-0.2, 0) is 0 Å². The van der Waals surface area contributed by atoms with Gasteiger partial charge in [0.25, 0.3) is 0 Å². The van der Waals surface area contributed by atoms with Crippen LogP contribution in [0.4, 0.5) is 0 Å². The maximum Gasteiger partial charge on any atom is 0.119 e. The molecule has 1 rings (SSSR count). The first-order chi connectivity index (χ1) is 6.86. The minimum Gasteiger partial charge on any atom is -0.490 e. The van der Waals surface area contributed by atoms with Gasteiger partial charge in [-0.25, -0.2) is 0 Å². The van der Waals surface area contributed by atoms with Gasteiger partial charge in [-0.05, 0) is 25.1 Å². The van der Waals surface area contributed by atoms with E-state index in [-0.39, 0.29) is 12.7 Å². The third-order valence-corrected chi connectivity index (χ3v) is 1.99. The van der Waals surface area contributed by atoms with Crippen LogP contribution < -0.4 is 10.5 Å². The zero-order valence-electron chi connectivity index (χ0n) is 8.23. The zero-order valence-corrected chi connectivity index (χ0v) is 8.23. The van der Waals surface area contributed by atoms with Crippen LogP contribution in [0.3, 0.4) is 0 Å². The Kier molecular flexibility index (Phi) is 5.04. The van der Waals surface area contributed by atoms with Gasteiger partial charge < -0.3 is 15.6 Å². The van der Waals surface area contributed by atoms with Crippen LogP contribution in [0.25, 0.3) is 0 Å². The van der Waals surface area contributed by atoms with Gasteiger partial charge in [0.15, 0.2) is 0 Å². The fraction of sp³-hybridized carbons (Fsp3) is 0.455. The normalized spacial score (nSPS) is 12.4. The molecule has 14 heavy (non-hydrogen) atoms. The summed E-state index contributed by atoms with van der Waals surface area (Å²) in [4.78, 5) is 0. The van der Waals surface area contributed by atoms with Gasteiger partial charge in [-0.2, -0.15) is 0 Å². The first kappa shape index (κ1) is 11.0. The van der Waals surface area contributed by atoms with Gasteiger partial charge in [0.1, 0.15) is 11.9 Å². The molecule has 1 aromatic rings. The van der Waals surface area contributed by atoms with Crippen molar-refractivity contribution in [2.24, 2.45) is 5.73 Å². The van der Waals surface area contributed by atoms with Crippen molar-refractivity contribution in [2.75, 3.05) is 13.2 Å². The van der Waals surface area contributed by atoms with E-state index in [1.165, 1.54) is 0 Å². The molecule has 3 nitrogen and oxygen atoms in total. The Balaban J connectivity index is 2.46. The molecule has 0 aliphatic heterocycles. The summed E-state index contributed by atoms with van der Waals surface area (Å²) in [5, 5.41) is 8.82. The third-order valence-electron chi connectivity index (χ3n) is 1.99. The Morgan fingerprint density at radius 3 is 2.50 bits per heavy atom. The van der Waals surface area contributed by atoms with Gasteiger partial charge in [-0.15, -0.1) is 0 Å². The SMILES string of the molecule is NCCC(CCO)Oc1ccccc1. The number of aliphatic hydroxyl groups is 1. The zero-order chi connectivity index (χ0) is 10.2. The van der Waals surface area contributed by atoms with Crippen molar-refractivity contribution >= 4 is 0 Å². The van der Waals surface area contributed by atoms with Crippen LogP contribution in [0.15, 0.2) is 30.3 Å². The molecule has 1 atom stereocenters. The number of para-hydroxylation sites is 1. The van der Waals surface area contributed by atoms with Crippen LogP contribution in [0.2, 0.25) is 0 Å². The van der Waals surface area contributed by atoms with E-state index in [4.69, 9.17) is 15.6 Å². The molecule has 0 aliphatic rings. The molecule has 0 bridgehead atoms. The minimum absolute atomic E-state index is 0.0207. The van der Waals surface area contributed by atoms with E-state index in [0.29, 0.717) is 13.0 Å². The lowest BCUT2D eigenvalue weighted by atomic mass is 10.2. The highest BCUT2D eigenvalue weighted by Gasteiger charge is 2.08. The maximum atomic E-state index is 8.82. The highest BCUT2D eigenvalue weighted by molar-refractivity contribution is 5.21. The van der Waals surface area contributed by atoms with Crippen molar-refractivity contribution in [1.82, 2.24) is 0 Å². The lowest BCUT2D eigenvalue weighted by Crippen LogP contribution is -2.22. The van der Waals surface area contributed by atoms with Crippen molar-refractivity contribution in [2.45, 2.75) is 18.9 Å². The summed E-state index contributed by atoms with van der Waals surface area (Å²) < 4.78 is 5.66. The molecule has 0 saturated carbocycles. The van der Waals surface area contributed by atoms with Gasteiger partial charge >= 0.3 is 0 Å². The molecular formula is C11H17NO2. The first-order valence-corrected chi connectivity index (χ1v) is 4.89. The molecule has 3 N–H and O–H groups in total. The van der Waals surface area contributed by atoms with Crippen molar-refractivity contribution < 1.29 is 9.84 Å². The van der Waals surface area contributed by atoms with Gasteiger partial charge in [-0.3, -0.25) is 0 Å². The third kappa shape index (κ3) is 3.77. The number of hydrogen-bond acceptors (Lipinski definition) is 3. The number of rotatable bonds is 6. The Morgan fingerprint density at radius 2 is 1.93 bits per heavy atom. The number of benzene rings is 1. The Labute approximate surface area is 84.5 Å². The van der Waals surface area contributed by atoms with Crippen molar-refractivity contribution in [3.05, 3.63) is 30.3 Å². The maximum absolute atomic E-state index is 8.82. The van der Waals surface area contributed by atoms with Crippen molar-refractivity contribution in [1.29, 1.82) is 0 Å². The first-order valence-electron chi connectivity index (χ1n) is 4.89. The molecule has 1 unspecified atom stereocenters. The van der Waals surface area contributed by atoms with Crippen LogP contribution in [-0.4, -0.2) is 24.4 Å². The summed E-state index contributed by atoms with van der Waals surface area (Å²) in [6.45, 7) is 0.717. The van der Waals surface area contributed by atoms with Gasteiger partial charge in [0.05, 0.1) is 0 Å². The molecule has 0 saturated heterocycles. The average Bonchev–Trinajstić information content (AvgIpc) is 2.20. The Hall–Kier alpha value is -1.06. The molecule has 3 heteroatoms. The van der Waals surface area contributed by atoms with Gasteiger partial charge in [-0.1, -0.05) is 18.2 Å². The monoisotopic (exact) mass is 195 g/mol. The predicted octanol–water partition coefficient (Wildman–Crippen LogP) is 1.17.